The molecule has 2 aromatic carbocycles. The van der Waals surface area contributed by atoms with Gasteiger partial charge in [-0.05, 0) is 49.6 Å². The molecule has 142 valence electrons. The largest absolute Gasteiger partial charge is 0.481 e. The van der Waals surface area contributed by atoms with Crippen LogP contribution in [0.1, 0.15) is 29.6 Å². The highest BCUT2D eigenvalue weighted by molar-refractivity contribution is 7.92. The summed E-state index contributed by atoms with van der Waals surface area (Å²) >= 11 is 0. The third-order valence-corrected chi connectivity index (χ3v) is 5.94. The molecular weight excluding hydrogens is 368 g/mol. The molecule has 0 aliphatic heterocycles. The van der Waals surface area contributed by atoms with E-state index in [1.54, 1.807) is 36.4 Å². The van der Waals surface area contributed by atoms with Gasteiger partial charge in [0.1, 0.15) is 0 Å². The summed E-state index contributed by atoms with van der Waals surface area (Å²) in [5, 5.41) is 11.9. The fourth-order valence-electron chi connectivity index (χ4n) is 3.14. The van der Waals surface area contributed by atoms with E-state index in [-0.39, 0.29) is 22.5 Å². The van der Waals surface area contributed by atoms with Gasteiger partial charge in [-0.15, -0.1) is 0 Å². The number of carbonyl (C=O) groups excluding carboxylic acids is 1. The van der Waals surface area contributed by atoms with E-state index in [2.05, 4.69) is 10.0 Å². The van der Waals surface area contributed by atoms with Gasteiger partial charge >= 0.3 is 5.97 Å². The zero-order chi connectivity index (χ0) is 19.4. The van der Waals surface area contributed by atoms with Crippen molar-refractivity contribution in [1.82, 2.24) is 5.32 Å². The molecule has 7 nitrogen and oxygen atoms in total. The Balaban J connectivity index is 1.68. The predicted octanol–water partition coefficient (Wildman–Crippen LogP) is 2.47. The summed E-state index contributed by atoms with van der Waals surface area (Å²) in [6, 6.07) is 14.0. The molecule has 1 saturated carbocycles. The first-order valence-corrected chi connectivity index (χ1v) is 10.0. The van der Waals surface area contributed by atoms with Crippen LogP contribution in [0.4, 0.5) is 5.69 Å². The number of carbonyl (C=O) groups is 2. The number of hydrogen-bond donors (Lipinski definition) is 3. The van der Waals surface area contributed by atoms with Crippen LogP contribution >= 0.6 is 0 Å². The lowest BCUT2D eigenvalue weighted by Gasteiger charge is -2.13. The van der Waals surface area contributed by atoms with Gasteiger partial charge in [0.25, 0.3) is 15.9 Å². The maximum absolute atomic E-state index is 12.4. The molecule has 2 atom stereocenters. The number of rotatable bonds is 6. The molecule has 2 aromatic rings. The van der Waals surface area contributed by atoms with E-state index >= 15 is 0 Å². The zero-order valence-electron chi connectivity index (χ0n) is 14.5. The Morgan fingerprint density at radius 3 is 2.41 bits per heavy atom. The maximum atomic E-state index is 12.4. The minimum absolute atomic E-state index is 0.130. The van der Waals surface area contributed by atoms with Crippen molar-refractivity contribution in [3.8, 4) is 0 Å². The fraction of sp³-hybridized carbons (Fsp3) is 0.263. The highest BCUT2D eigenvalue weighted by Crippen LogP contribution is 2.26. The minimum atomic E-state index is -3.74. The lowest BCUT2D eigenvalue weighted by atomic mass is 10.1. The first-order valence-electron chi connectivity index (χ1n) is 8.57. The predicted molar refractivity (Wildman–Crippen MR) is 99.9 cm³/mol. The lowest BCUT2D eigenvalue weighted by Crippen LogP contribution is -2.33. The molecule has 1 aliphatic rings. The number of sulfonamides is 1. The second kappa shape index (κ2) is 7.79. The molecule has 1 aliphatic carbocycles. The van der Waals surface area contributed by atoms with Crippen LogP contribution in [0.5, 0.6) is 0 Å². The average molecular weight is 388 g/mol. The Morgan fingerprint density at radius 1 is 1.00 bits per heavy atom. The van der Waals surface area contributed by atoms with E-state index in [0.29, 0.717) is 24.8 Å². The summed E-state index contributed by atoms with van der Waals surface area (Å²) in [5.74, 6) is -1.63. The van der Waals surface area contributed by atoms with Crippen LogP contribution in [0.2, 0.25) is 0 Å². The molecule has 0 saturated heterocycles. The number of anilines is 1. The van der Waals surface area contributed by atoms with Crippen LogP contribution in [0.25, 0.3) is 0 Å². The van der Waals surface area contributed by atoms with Crippen molar-refractivity contribution in [3.05, 3.63) is 60.2 Å². The molecule has 0 bridgehead atoms. The molecule has 1 fully saturated rings. The molecule has 0 aromatic heterocycles. The number of benzene rings is 2. The summed E-state index contributed by atoms with van der Waals surface area (Å²) < 4.78 is 27.2. The molecule has 8 heteroatoms. The standard InChI is InChI=1S/C19H20N2O5S/c22-18(20-15-10-9-14(12-15)19(23)24)13-5-4-6-16(11-13)21-27(25,26)17-7-2-1-3-8-17/h1-8,11,14-15,21H,9-10,12H2,(H,20,22)(H,23,24)/t14-,15+/m0/s1. The Kier molecular flexibility index (Phi) is 5.46. The van der Waals surface area contributed by atoms with Crippen LogP contribution in [0.15, 0.2) is 59.5 Å². The van der Waals surface area contributed by atoms with Crippen molar-refractivity contribution in [2.75, 3.05) is 4.72 Å². The molecule has 0 heterocycles. The Hall–Kier alpha value is -2.87. The van der Waals surface area contributed by atoms with Gasteiger partial charge < -0.3 is 10.4 Å². The van der Waals surface area contributed by atoms with Crippen molar-refractivity contribution in [2.24, 2.45) is 5.92 Å². The summed E-state index contributed by atoms with van der Waals surface area (Å²) in [7, 11) is -3.74. The molecular formula is C19H20N2O5S. The molecule has 0 unspecified atom stereocenters. The number of hydrogen-bond acceptors (Lipinski definition) is 4. The molecule has 1 amide bonds. The van der Waals surface area contributed by atoms with Gasteiger partial charge in [-0.3, -0.25) is 14.3 Å². The topological polar surface area (TPSA) is 113 Å². The second-order valence-electron chi connectivity index (χ2n) is 6.52. The Morgan fingerprint density at radius 2 is 1.74 bits per heavy atom. The summed E-state index contributed by atoms with van der Waals surface area (Å²) in [6.45, 7) is 0. The van der Waals surface area contributed by atoms with E-state index < -0.39 is 21.9 Å². The number of aliphatic carboxylic acids is 1. The molecule has 3 rings (SSSR count). The Labute approximate surface area is 157 Å². The van der Waals surface area contributed by atoms with Gasteiger partial charge in [0.2, 0.25) is 0 Å². The fourth-order valence-corrected chi connectivity index (χ4v) is 4.21. The lowest BCUT2D eigenvalue weighted by molar-refractivity contribution is -0.141. The highest BCUT2D eigenvalue weighted by Gasteiger charge is 2.30. The van der Waals surface area contributed by atoms with Crippen LogP contribution in [-0.2, 0) is 14.8 Å². The number of carboxylic acids is 1. The normalized spacial score (nSPS) is 19.4. The van der Waals surface area contributed by atoms with Gasteiger partial charge in [0, 0.05) is 17.3 Å². The van der Waals surface area contributed by atoms with Crippen LogP contribution in [-0.4, -0.2) is 31.4 Å². The number of carboxylic acid groups (broad SMARTS) is 1. The van der Waals surface area contributed by atoms with Crippen LogP contribution in [0, 0.1) is 5.92 Å². The van der Waals surface area contributed by atoms with Gasteiger partial charge in [-0.1, -0.05) is 24.3 Å². The van der Waals surface area contributed by atoms with Crippen molar-refractivity contribution >= 4 is 27.6 Å². The minimum Gasteiger partial charge on any atom is -0.481 e. The van der Waals surface area contributed by atoms with E-state index in [9.17, 15) is 18.0 Å². The summed E-state index contributed by atoms with van der Waals surface area (Å²) in [5.41, 5.74) is 0.586. The van der Waals surface area contributed by atoms with Gasteiger partial charge in [-0.2, -0.15) is 0 Å². The van der Waals surface area contributed by atoms with Gasteiger partial charge in [0.15, 0.2) is 0 Å². The summed E-state index contributed by atoms with van der Waals surface area (Å²) in [4.78, 5) is 23.6. The monoisotopic (exact) mass is 388 g/mol. The zero-order valence-corrected chi connectivity index (χ0v) is 15.3. The highest BCUT2D eigenvalue weighted by atomic mass is 32.2. The van der Waals surface area contributed by atoms with Gasteiger partial charge in [0.05, 0.1) is 10.8 Å². The average Bonchev–Trinajstić information content (AvgIpc) is 3.11. The van der Waals surface area contributed by atoms with Gasteiger partial charge in [-0.25, -0.2) is 8.42 Å². The van der Waals surface area contributed by atoms with Crippen LogP contribution < -0.4 is 10.0 Å². The third-order valence-electron chi connectivity index (χ3n) is 4.55. The van der Waals surface area contributed by atoms with Crippen LogP contribution in [0.3, 0.4) is 0 Å². The summed E-state index contributed by atoms with van der Waals surface area (Å²) in [6.07, 6.45) is 1.56. The number of amides is 1. The third kappa shape index (κ3) is 4.65. The van der Waals surface area contributed by atoms with Crippen molar-refractivity contribution in [3.63, 3.8) is 0 Å². The SMILES string of the molecule is O=C(N[C@@H]1CC[C@H](C(=O)O)C1)c1cccc(NS(=O)(=O)c2ccccc2)c1. The van der Waals surface area contributed by atoms with E-state index in [1.165, 1.54) is 18.2 Å². The Bertz CT molecular complexity index is 944. The van der Waals surface area contributed by atoms with Crippen molar-refractivity contribution < 1.29 is 23.1 Å². The van der Waals surface area contributed by atoms with Crippen molar-refractivity contribution in [2.45, 2.75) is 30.2 Å². The molecule has 27 heavy (non-hydrogen) atoms. The van der Waals surface area contributed by atoms with Crippen molar-refractivity contribution in [1.29, 1.82) is 0 Å². The molecule has 3 N–H and O–H groups in total. The second-order valence-corrected chi connectivity index (χ2v) is 8.20. The number of nitrogens with one attached hydrogen (secondary N) is 2. The quantitative estimate of drug-likeness (QED) is 0.704. The molecule has 0 spiro atoms. The first kappa shape index (κ1) is 18.9. The van der Waals surface area contributed by atoms with E-state index in [1.807, 2.05) is 0 Å². The first-order chi connectivity index (χ1) is 12.8. The maximum Gasteiger partial charge on any atom is 0.306 e. The smallest absolute Gasteiger partial charge is 0.306 e. The van der Waals surface area contributed by atoms with E-state index in [0.717, 1.165) is 0 Å². The van der Waals surface area contributed by atoms with E-state index in [4.69, 9.17) is 5.11 Å². The molecule has 0 radical (unpaired) electrons.